The number of rotatable bonds is 14. The van der Waals surface area contributed by atoms with Gasteiger partial charge in [-0.15, -0.1) is 0 Å². The minimum atomic E-state index is -4.28. The standard InChI is InChI=1S/C35H38FN3O4S/c1-3-4-23-37-35(41)33(24-28-14-7-5-8-15-28)38(25-29-16-12-11-13-27(29)2)34(40)26-39(31-17-9-6-10-18-31)44(42,43)32-21-19-30(36)20-22-32/h5-22,33H,3-4,23-26H2,1-2H3,(H,37,41)/t33-/m0/s1. The zero-order valence-corrected chi connectivity index (χ0v) is 25.8. The van der Waals surface area contributed by atoms with Crippen molar-refractivity contribution in [2.24, 2.45) is 0 Å². The Kier molecular flexibility index (Phi) is 11.3. The van der Waals surface area contributed by atoms with E-state index in [-0.39, 0.29) is 29.5 Å². The number of benzene rings is 4. The van der Waals surface area contributed by atoms with Crippen molar-refractivity contribution in [2.45, 2.75) is 50.6 Å². The number of sulfonamides is 1. The normalized spacial score (nSPS) is 11.9. The lowest BCUT2D eigenvalue weighted by Gasteiger charge is -2.34. The number of hydrogen-bond donors (Lipinski definition) is 1. The van der Waals surface area contributed by atoms with Crippen molar-refractivity contribution in [3.05, 3.63) is 132 Å². The van der Waals surface area contributed by atoms with Gasteiger partial charge in [-0.3, -0.25) is 13.9 Å². The van der Waals surface area contributed by atoms with E-state index in [1.165, 1.54) is 17.0 Å². The molecule has 44 heavy (non-hydrogen) atoms. The van der Waals surface area contributed by atoms with Crippen LogP contribution in [-0.4, -0.2) is 44.3 Å². The number of nitrogens with zero attached hydrogens (tertiary/aromatic N) is 2. The van der Waals surface area contributed by atoms with Gasteiger partial charge in [-0.2, -0.15) is 0 Å². The van der Waals surface area contributed by atoms with Gasteiger partial charge < -0.3 is 10.2 Å². The van der Waals surface area contributed by atoms with Crippen LogP contribution in [0.3, 0.4) is 0 Å². The summed E-state index contributed by atoms with van der Waals surface area (Å²) < 4.78 is 42.6. The number of carbonyl (C=O) groups excluding carboxylic acids is 2. The van der Waals surface area contributed by atoms with Gasteiger partial charge in [0.15, 0.2) is 0 Å². The Morgan fingerprint density at radius 2 is 1.45 bits per heavy atom. The molecule has 230 valence electrons. The largest absolute Gasteiger partial charge is 0.354 e. The predicted molar refractivity (Wildman–Crippen MR) is 171 cm³/mol. The van der Waals surface area contributed by atoms with Crippen LogP contribution in [0.5, 0.6) is 0 Å². The predicted octanol–water partition coefficient (Wildman–Crippen LogP) is 5.89. The summed E-state index contributed by atoms with van der Waals surface area (Å²) >= 11 is 0. The summed E-state index contributed by atoms with van der Waals surface area (Å²) in [5.74, 6) is -1.43. The fourth-order valence-corrected chi connectivity index (χ4v) is 6.30. The molecule has 0 spiro atoms. The molecule has 0 aliphatic heterocycles. The average Bonchev–Trinajstić information content (AvgIpc) is 3.03. The van der Waals surface area contributed by atoms with E-state index in [1.807, 2.05) is 68.4 Å². The Bertz CT molecular complexity index is 1630. The molecule has 0 saturated carbocycles. The zero-order chi connectivity index (χ0) is 31.5. The van der Waals surface area contributed by atoms with Crippen LogP contribution >= 0.6 is 0 Å². The second-order valence-electron chi connectivity index (χ2n) is 10.6. The molecule has 0 aliphatic carbocycles. The first-order chi connectivity index (χ1) is 21.2. The van der Waals surface area contributed by atoms with Crippen molar-refractivity contribution < 1.29 is 22.4 Å². The van der Waals surface area contributed by atoms with Crippen molar-refractivity contribution in [2.75, 3.05) is 17.4 Å². The molecule has 2 amide bonds. The first-order valence-electron chi connectivity index (χ1n) is 14.7. The summed E-state index contributed by atoms with van der Waals surface area (Å²) in [5, 5.41) is 2.99. The smallest absolute Gasteiger partial charge is 0.264 e. The second-order valence-corrected chi connectivity index (χ2v) is 12.5. The van der Waals surface area contributed by atoms with Crippen LogP contribution in [0.1, 0.15) is 36.5 Å². The third-order valence-corrected chi connectivity index (χ3v) is 9.22. The second kappa shape index (κ2) is 15.3. The molecule has 1 N–H and O–H groups in total. The maximum absolute atomic E-state index is 14.4. The fraction of sp³-hybridized carbons (Fsp3) is 0.257. The van der Waals surface area contributed by atoms with E-state index in [1.54, 1.807) is 30.3 Å². The maximum Gasteiger partial charge on any atom is 0.264 e. The molecule has 0 aromatic heterocycles. The molecule has 4 aromatic carbocycles. The Labute approximate surface area is 259 Å². The SMILES string of the molecule is CCCCNC(=O)[C@H](Cc1ccccc1)N(Cc1ccccc1C)C(=O)CN(c1ccccc1)S(=O)(=O)c1ccc(F)cc1. The van der Waals surface area contributed by atoms with E-state index in [4.69, 9.17) is 0 Å². The Balaban J connectivity index is 1.78. The molecule has 0 saturated heterocycles. The van der Waals surface area contributed by atoms with Crippen LogP contribution in [0.25, 0.3) is 0 Å². The van der Waals surface area contributed by atoms with Gasteiger partial charge in [-0.25, -0.2) is 12.8 Å². The lowest BCUT2D eigenvalue weighted by Crippen LogP contribution is -2.53. The van der Waals surface area contributed by atoms with E-state index in [0.29, 0.717) is 6.54 Å². The van der Waals surface area contributed by atoms with E-state index in [0.717, 1.165) is 46.0 Å². The number of nitrogens with one attached hydrogen (secondary N) is 1. The lowest BCUT2D eigenvalue weighted by molar-refractivity contribution is -0.140. The van der Waals surface area contributed by atoms with Gasteiger partial charge in [0.05, 0.1) is 10.6 Å². The molecule has 0 unspecified atom stereocenters. The Morgan fingerprint density at radius 1 is 0.841 bits per heavy atom. The van der Waals surface area contributed by atoms with E-state index < -0.39 is 34.3 Å². The fourth-order valence-electron chi connectivity index (χ4n) is 4.89. The van der Waals surface area contributed by atoms with Crippen molar-refractivity contribution in [1.82, 2.24) is 10.2 Å². The van der Waals surface area contributed by atoms with Crippen molar-refractivity contribution in [3.8, 4) is 0 Å². The minimum Gasteiger partial charge on any atom is -0.354 e. The van der Waals surface area contributed by atoms with Crippen molar-refractivity contribution >= 4 is 27.5 Å². The highest BCUT2D eigenvalue weighted by Crippen LogP contribution is 2.25. The molecule has 1 atom stereocenters. The van der Waals surface area contributed by atoms with Gasteiger partial charge in [0.1, 0.15) is 18.4 Å². The monoisotopic (exact) mass is 615 g/mol. The van der Waals surface area contributed by atoms with Crippen LogP contribution in [0.4, 0.5) is 10.1 Å². The Hall–Kier alpha value is -4.50. The summed E-state index contributed by atoms with van der Waals surface area (Å²) in [6.07, 6.45) is 1.92. The van der Waals surface area contributed by atoms with Gasteiger partial charge in [-0.1, -0.05) is 86.1 Å². The molecule has 0 fully saturated rings. The highest BCUT2D eigenvalue weighted by atomic mass is 32.2. The van der Waals surface area contributed by atoms with Gasteiger partial charge in [0.25, 0.3) is 10.0 Å². The lowest BCUT2D eigenvalue weighted by atomic mass is 10.0. The summed E-state index contributed by atoms with van der Waals surface area (Å²) in [4.78, 5) is 29.5. The quantitative estimate of drug-likeness (QED) is 0.179. The number of anilines is 1. The highest BCUT2D eigenvalue weighted by Gasteiger charge is 2.34. The maximum atomic E-state index is 14.4. The number of aryl methyl sites for hydroxylation is 1. The van der Waals surface area contributed by atoms with E-state index in [9.17, 15) is 22.4 Å². The molecule has 0 bridgehead atoms. The molecular formula is C35H38FN3O4S. The van der Waals surface area contributed by atoms with Crippen molar-refractivity contribution in [3.63, 3.8) is 0 Å². The third-order valence-electron chi connectivity index (χ3n) is 7.43. The molecule has 9 heteroatoms. The van der Waals surface area contributed by atoms with Crippen LogP contribution in [-0.2, 0) is 32.6 Å². The highest BCUT2D eigenvalue weighted by molar-refractivity contribution is 7.92. The topological polar surface area (TPSA) is 86.8 Å². The number of amides is 2. The van der Waals surface area contributed by atoms with Gasteiger partial charge in [0.2, 0.25) is 11.8 Å². The van der Waals surface area contributed by atoms with E-state index in [2.05, 4.69) is 5.32 Å². The van der Waals surface area contributed by atoms with Gasteiger partial charge in [-0.05, 0) is 66.4 Å². The first kappa shape index (κ1) is 32.4. The average molecular weight is 616 g/mol. The molecule has 4 aromatic rings. The number of unbranched alkanes of at least 4 members (excludes halogenated alkanes) is 1. The minimum absolute atomic E-state index is 0.101. The summed E-state index contributed by atoms with van der Waals surface area (Å²) in [7, 11) is -4.28. The van der Waals surface area contributed by atoms with Gasteiger partial charge in [0, 0.05) is 19.5 Å². The number of hydrogen-bond acceptors (Lipinski definition) is 4. The van der Waals surface area contributed by atoms with Crippen LogP contribution in [0, 0.1) is 12.7 Å². The molecule has 0 heterocycles. The zero-order valence-electron chi connectivity index (χ0n) is 25.0. The molecule has 7 nitrogen and oxygen atoms in total. The number of carbonyl (C=O) groups is 2. The molecular weight excluding hydrogens is 577 g/mol. The summed E-state index contributed by atoms with van der Waals surface area (Å²) in [5.41, 5.74) is 2.92. The van der Waals surface area contributed by atoms with E-state index >= 15 is 0 Å². The summed E-state index contributed by atoms with van der Waals surface area (Å²) in [6, 6.07) is 28.9. The van der Waals surface area contributed by atoms with Crippen LogP contribution in [0.15, 0.2) is 114 Å². The molecule has 0 radical (unpaired) electrons. The van der Waals surface area contributed by atoms with Crippen molar-refractivity contribution in [1.29, 1.82) is 0 Å². The third kappa shape index (κ3) is 8.32. The first-order valence-corrected chi connectivity index (χ1v) is 16.1. The van der Waals surface area contributed by atoms with Crippen LogP contribution < -0.4 is 9.62 Å². The molecule has 0 aliphatic rings. The number of para-hydroxylation sites is 1. The van der Waals surface area contributed by atoms with Gasteiger partial charge >= 0.3 is 0 Å². The van der Waals surface area contributed by atoms with Crippen LogP contribution in [0.2, 0.25) is 0 Å². The molecule has 4 rings (SSSR count). The number of halogens is 1. The Morgan fingerprint density at radius 3 is 2.09 bits per heavy atom. The summed E-state index contributed by atoms with van der Waals surface area (Å²) in [6.45, 7) is 3.96.